The summed E-state index contributed by atoms with van der Waals surface area (Å²) in [5.41, 5.74) is 2.25. The van der Waals surface area contributed by atoms with Crippen molar-refractivity contribution in [3.8, 4) is 11.5 Å². The van der Waals surface area contributed by atoms with Crippen LogP contribution in [0.15, 0.2) is 27.8 Å². The lowest BCUT2D eigenvalue weighted by molar-refractivity contribution is 0.354. The largest absolute Gasteiger partial charge is 0.493 e. The molecule has 0 fully saturated rings. The van der Waals surface area contributed by atoms with Crippen LogP contribution in [0.4, 0.5) is 11.6 Å². The number of fused-ring (bicyclic) bond motifs is 2. The second kappa shape index (κ2) is 6.29. The lowest BCUT2D eigenvalue weighted by Crippen LogP contribution is -2.42. The fourth-order valence-corrected chi connectivity index (χ4v) is 3.79. The molecule has 0 saturated heterocycles. The summed E-state index contributed by atoms with van der Waals surface area (Å²) in [5.74, 6) is 1.76. The van der Waals surface area contributed by atoms with Crippen LogP contribution in [0.2, 0.25) is 0 Å². The summed E-state index contributed by atoms with van der Waals surface area (Å²) in [5, 5.41) is 10.4. The number of methoxy groups -OCH3 is 2. The zero-order valence-electron chi connectivity index (χ0n) is 16.3. The average Bonchev–Trinajstić information content (AvgIpc) is 3.09. The van der Waals surface area contributed by atoms with Gasteiger partial charge in [-0.2, -0.15) is 5.10 Å². The molecule has 1 aromatic carbocycles. The number of hydrogen-bond acceptors (Lipinski definition) is 6. The molecule has 4 rings (SSSR count). The summed E-state index contributed by atoms with van der Waals surface area (Å²) in [7, 11) is 6.24. The molecule has 0 amide bonds. The summed E-state index contributed by atoms with van der Waals surface area (Å²) in [6.07, 6.45) is 0. The first kappa shape index (κ1) is 17.9. The van der Waals surface area contributed by atoms with Gasteiger partial charge in [0.05, 0.1) is 19.8 Å². The van der Waals surface area contributed by atoms with Crippen molar-refractivity contribution in [3.05, 3.63) is 61.4 Å². The number of aryl methyl sites for hydroxylation is 1. The van der Waals surface area contributed by atoms with Gasteiger partial charge in [0.15, 0.2) is 17.3 Å². The number of H-pyrrole nitrogens is 1. The van der Waals surface area contributed by atoms with E-state index in [0.717, 1.165) is 21.4 Å². The van der Waals surface area contributed by atoms with E-state index in [-0.39, 0.29) is 5.56 Å². The molecule has 1 aliphatic heterocycles. The molecule has 146 valence electrons. The van der Waals surface area contributed by atoms with Gasteiger partial charge in [0.25, 0.3) is 5.56 Å². The van der Waals surface area contributed by atoms with E-state index in [1.54, 1.807) is 27.3 Å². The Hall–Kier alpha value is -3.49. The minimum atomic E-state index is -0.421. The van der Waals surface area contributed by atoms with Crippen molar-refractivity contribution < 1.29 is 9.47 Å². The molecule has 28 heavy (non-hydrogen) atoms. The van der Waals surface area contributed by atoms with Gasteiger partial charge in [-0.15, -0.1) is 0 Å². The zero-order chi connectivity index (χ0) is 20.2. The van der Waals surface area contributed by atoms with Crippen LogP contribution in [-0.2, 0) is 14.1 Å². The van der Waals surface area contributed by atoms with Crippen LogP contribution in [0.1, 0.15) is 28.3 Å². The summed E-state index contributed by atoms with van der Waals surface area (Å²) in [4.78, 5) is 25.5. The maximum Gasteiger partial charge on any atom is 0.332 e. The van der Waals surface area contributed by atoms with Crippen LogP contribution >= 0.6 is 0 Å². The smallest absolute Gasteiger partial charge is 0.332 e. The second-order valence-electron chi connectivity index (χ2n) is 6.75. The summed E-state index contributed by atoms with van der Waals surface area (Å²) in [6.45, 7) is 1.90. The lowest BCUT2D eigenvalue weighted by atomic mass is 9.83. The van der Waals surface area contributed by atoms with Crippen molar-refractivity contribution in [1.29, 1.82) is 0 Å². The molecule has 1 atom stereocenters. The maximum absolute atomic E-state index is 13.1. The number of hydrogen-bond donors (Lipinski definition) is 2. The first-order valence-corrected chi connectivity index (χ1v) is 8.72. The Morgan fingerprint density at radius 1 is 1.04 bits per heavy atom. The molecular weight excluding hydrogens is 362 g/mol. The Bertz CT molecular complexity index is 1200. The molecule has 0 aliphatic carbocycles. The number of anilines is 2. The first-order valence-electron chi connectivity index (χ1n) is 8.72. The van der Waals surface area contributed by atoms with Crippen LogP contribution < -0.4 is 26.0 Å². The third-order valence-electron chi connectivity index (χ3n) is 5.25. The Morgan fingerprint density at radius 3 is 2.43 bits per heavy atom. The fourth-order valence-electron chi connectivity index (χ4n) is 3.79. The van der Waals surface area contributed by atoms with Crippen molar-refractivity contribution >= 4 is 11.6 Å². The highest BCUT2D eigenvalue weighted by molar-refractivity contribution is 5.72. The Labute approximate surface area is 160 Å². The van der Waals surface area contributed by atoms with Gasteiger partial charge in [-0.3, -0.25) is 19.0 Å². The number of nitrogens with one attached hydrogen (secondary N) is 2. The van der Waals surface area contributed by atoms with E-state index >= 15 is 0 Å². The van der Waals surface area contributed by atoms with Crippen LogP contribution in [0.5, 0.6) is 11.5 Å². The van der Waals surface area contributed by atoms with Crippen molar-refractivity contribution in [2.24, 2.45) is 14.1 Å². The summed E-state index contributed by atoms with van der Waals surface area (Å²) < 4.78 is 13.3. The monoisotopic (exact) mass is 383 g/mol. The highest BCUT2D eigenvalue weighted by atomic mass is 16.5. The number of rotatable bonds is 3. The molecule has 9 nitrogen and oxygen atoms in total. The van der Waals surface area contributed by atoms with E-state index in [0.29, 0.717) is 28.7 Å². The standard InChI is InChI=1S/C19H21N5O4/c1-9-13-14(10-6-7-11(27-4)12(8-10)28-5)15-17(20-16(13)22-21-9)23(2)19(26)24(3)18(15)25/h6-8,14H,1-5H3,(H2,20,21,22)/t14-/m1/s1. The first-order chi connectivity index (χ1) is 13.4. The van der Waals surface area contributed by atoms with Gasteiger partial charge in [0, 0.05) is 31.3 Å². The average molecular weight is 383 g/mol. The Morgan fingerprint density at radius 2 is 1.75 bits per heavy atom. The molecule has 0 radical (unpaired) electrons. The highest BCUT2D eigenvalue weighted by Gasteiger charge is 2.35. The fraction of sp³-hybridized carbons (Fsp3) is 0.316. The van der Waals surface area contributed by atoms with Crippen molar-refractivity contribution in [2.45, 2.75) is 12.8 Å². The van der Waals surface area contributed by atoms with E-state index in [2.05, 4.69) is 15.5 Å². The van der Waals surface area contributed by atoms with Gasteiger partial charge in [-0.1, -0.05) is 6.07 Å². The lowest BCUT2D eigenvalue weighted by Gasteiger charge is -2.28. The minimum absolute atomic E-state index is 0.350. The Kier molecular flexibility index (Phi) is 4.02. The second-order valence-corrected chi connectivity index (χ2v) is 6.75. The van der Waals surface area contributed by atoms with E-state index < -0.39 is 11.6 Å². The molecular formula is C19H21N5O4. The molecule has 0 bridgehead atoms. The van der Waals surface area contributed by atoms with Gasteiger partial charge < -0.3 is 14.8 Å². The molecule has 3 heterocycles. The van der Waals surface area contributed by atoms with E-state index in [4.69, 9.17) is 9.47 Å². The van der Waals surface area contributed by atoms with E-state index in [9.17, 15) is 9.59 Å². The number of benzene rings is 1. The van der Waals surface area contributed by atoms with Gasteiger partial charge >= 0.3 is 5.69 Å². The normalized spacial score (nSPS) is 14.8. The molecule has 0 unspecified atom stereocenters. The topological polar surface area (TPSA) is 103 Å². The highest BCUT2D eigenvalue weighted by Crippen LogP contribution is 2.44. The molecule has 9 heteroatoms. The van der Waals surface area contributed by atoms with Gasteiger partial charge in [-0.25, -0.2) is 4.79 Å². The third-order valence-corrected chi connectivity index (χ3v) is 5.25. The quantitative estimate of drug-likeness (QED) is 0.554. The number of aromatic nitrogens is 4. The van der Waals surface area contributed by atoms with Crippen LogP contribution in [-0.4, -0.2) is 33.6 Å². The van der Waals surface area contributed by atoms with Crippen molar-refractivity contribution in [2.75, 3.05) is 19.5 Å². The molecule has 1 aliphatic rings. The SMILES string of the molecule is COc1ccc([C@@H]2c3c(n[nH]c3C)Nc3c2c(=O)n(C)c(=O)n3C)cc1OC. The summed E-state index contributed by atoms with van der Waals surface area (Å²) >= 11 is 0. The number of aromatic amines is 1. The van der Waals surface area contributed by atoms with Gasteiger partial charge in [-0.05, 0) is 24.6 Å². The summed E-state index contributed by atoms with van der Waals surface area (Å²) in [6, 6.07) is 5.54. The minimum Gasteiger partial charge on any atom is -0.493 e. The van der Waals surface area contributed by atoms with Crippen LogP contribution in [0.25, 0.3) is 0 Å². The molecule has 2 aromatic heterocycles. The maximum atomic E-state index is 13.1. The predicted molar refractivity (Wildman–Crippen MR) is 104 cm³/mol. The van der Waals surface area contributed by atoms with Crippen LogP contribution in [0.3, 0.4) is 0 Å². The molecule has 2 N–H and O–H groups in total. The van der Waals surface area contributed by atoms with E-state index in [1.165, 1.54) is 11.6 Å². The van der Waals surface area contributed by atoms with Crippen LogP contribution in [0, 0.1) is 6.92 Å². The molecule has 0 saturated carbocycles. The van der Waals surface area contributed by atoms with Crippen molar-refractivity contribution in [3.63, 3.8) is 0 Å². The Balaban J connectivity index is 2.07. The number of ether oxygens (including phenoxy) is 2. The van der Waals surface area contributed by atoms with Gasteiger partial charge in [0.1, 0.15) is 5.82 Å². The molecule has 3 aromatic rings. The number of nitrogens with zero attached hydrogens (tertiary/aromatic N) is 3. The van der Waals surface area contributed by atoms with Crippen molar-refractivity contribution in [1.82, 2.24) is 19.3 Å². The zero-order valence-corrected chi connectivity index (χ0v) is 16.3. The molecule has 0 spiro atoms. The van der Waals surface area contributed by atoms with E-state index in [1.807, 2.05) is 19.1 Å². The predicted octanol–water partition coefficient (Wildman–Crippen LogP) is 1.37. The van der Waals surface area contributed by atoms with Gasteiger partial charge in [0.2, 0.25) is 0 Å². The third kappa shape index (κ3) is 2.35.